The molecule has 26 heavy (non-hydrogen) atoms. The number of sulfonamides is 1. The van der Waals surface area contributed by atoms with Gasteiger partial charge in [-0.15, -0.1) is 0 Å². The number of hydrogen-bond acceptors (Lipinski definition) is 2. The van der Waals surface area contributed by atoms with Crippen LogP contribution in [0.3, 0.4) is 0 Å². The lowest BCUT2D eigenvalue weighted by atomic mass is 10.2. The van der Waals surface area contributed by atoms with Crippen LogP contribution in [0.5, 0.6) is 0 Å². The largest absolute Gasteiger partial charge is 0.329 e. The number of rotatable bonds is 5. The van der Waals surface area contributed by atoms with Crippen LogP contribution in [0, 0.1) is 5.82 Å². The number of halogens is 2. The monoisotopic (exact) mass is 395 g/mol. The first-order chi connectivity index (χ1) is 12.5. The zero-order valence-electron chi connectivity index (χ0n) is 14.2. The minimum atomic E-state index is -3.83. The standard InChI is InChI=1S/C19H20ClFN2O2S/c20-17-8-9-19(18(21)15-17)26(24,25)23-13-11-22(12-14-23)10-4-7-16-5-2-1-3-6-16/h1-9,15H,10-14H2/p+1/b7-4+. The molecule has 0 spiro atoms. The molecule has 0 amide bonds. The van der Waals surface area contributed by atoms with E-state index in [1.807, 2.05) is 30.3 Å². The van der Waals surface area contributed by atoms with Gasteiger partial charge in [0.2, 0.25) is 10.0 Å². The number of benzene rings is 2. The third kappa shape index (κ3) is 4.51. The second-order valence-corrected chi connectivity index (χ2v) is 8.59. The Balaban J connectivity index is 1.58. The minimum Gasteiger partial charge on any atom is -0.329 e. The van der Waals surface area contributed by atoms with E-state index >= 15 is 0 Å². The van der Waals surface area contributed by atoms with Gasteiger partial charge in [-0.05, 0) is 29.8 Å². The van der Waals surface area contributed by atoms with E-state index < -0.39 is 15.8 Å². The van der Waals surface area contributed by atoms with Crippen molar-refractivity contribution in [2.45, 2.75) is 4.90 Å². The summed E-state index contributed by atoms with van der Waals surface area (Å²) in [7, 11) is -3.83. The maximum Gasteiger partial charge on any atom is 0.246 e. The van der Waals surface area contributed by atoms with E-state index in [1.165, 1.54) is 21.3 Å². The molecule has 138 valence electrons. The highest BCUT2D eigenvalue weighted by atomic mass is 35.5. The summed E-state index contributed by atoms with van der Waals surface area (Å²) >= 11 is 5.71. The smallest absolute Gasteiger partial charge is 0.246 e. The van der Waals surface area contributed by atoms with Gasteiger partial charge in [0.25, 0.3) is 0 Å². The maximum absolute atomic E-state index is 14.0. The summed E-state index contributed by atoms with van der Waals surface area (Å²) in [5, 5.41) is 0.181. The lowest BCUT2D eigenvalue weighted by Crippen LogP contribution is -3.14. The Morgan fingerprint density at radius 3 is 2.46 bits per heavy atom. The second-order valence-electron chi connectivity index (χ2n) is 6.25. The molecule has 2 aromatic rings. The van der Waals surface area contributed by atoms with Crippen LogP contribution in [0.15, 0.2) is 59.5 Å². The molecular formula is C19H21ClFN2O2S+. The molecule has 1 aliphatic rings. The third-order valence-corrected chi connectivity index (χ3v) is 6.62. The van der Waals surface area contributed by atoms with E-state index in [0.29, 0.717) is 26.2 Å². The topological polar surface area (TPSA) is 41.8 Å². The Hall–Kier alpha value is -1.73. The molecule has 1 saturated heterocycles. The summed E-state index contributed by atoms with van der Waals surface area (Å²) in [6, 6.07) is 13.7. The molecule has 0 bridgehead atoms. The van der Waals surface area contributed by atoms with E-state index in [-0.39, 0.29) is 9.92 Å². The average Bonchev–Trinajstić information content (AvgIpc) is 2.63. The molecule has 1 heterocycles. The molecule has 3 rings (SSSR count). The summed E-state index contributed by atoms with van der Waals surface area (Å²) < 4.78 is 40.6. The number of piperazine rings is 1. The van der Waals surface area contributed by atoms with Crippen LogP contribution in [-0.4, -0.2) is 45.4 Å². The van der Waals surface area contributed by atoms with Crippen molar-refractivity contribution in [1.82, 2.24) is 4.31 Å². The van der Waals surface area contributed by atoms with Crippen LogP contribution < -0.4 is 4.90 Å². The van der Waals surface area contributed by atoms with Crippen molar-refractivity contribution in [3.63, 3.8) is 0 Å². The fourth-order valence-corrected chi connectivity index (χ4v) is 4.64. The molecule has 1 N–H and O–H groups in total. The van der Waals surface area contributed by atoms with Crippen molar-refractivity contribution in [1.29, 1.82) is 0 Å². The third-order valence-electron chi connectivity index (χ3n) is 4.46. The molecule has 2 aromatic carbocycles. The molecule has 0 aromatic heterocycles. The van der Waals surface area contributed by atoms with E-state index in [9.17, 15) is 12.8 Å². The van der Waals surface area contributed by atoms with E-state index in [4.69, 9.17) is 11.6 Å². The molecule has 0 atom stereocenters. The summed E-state index contributed by atoms with van der Waals surface area (Å²) in [4.78, 5) is 0.995. The van der Waals surface area contributed by atoms with Crippen LogP contribution in [-0.2, 0) is 10.0 Å². The highest BCUT2D eigenvalue weighted by molar-refractivity contribution is 7.89. The lowest BCUT2D eigenvalue weighted by molar-refractivity contribution is -0.897. The van der Waals surface area contributed by atoms with E-state index in [2.05, 4.69) is 12.2 Å². The predicted octanol–water partition coefficient (Wildman–Crippen LogP) is 2.08. The number of nitrogens with one attached hydrogen (secondary N) is 1. The van der Waals surface area contributed by atoms with Gasteiger partial charge in [-0.3, -0.25) is 0 Å². The van der Waals surface area contributed by atoms with Crippen LogP contribution in [0.25, 0.3) is 6.08 Å². The quantitative estimate of drug-likeness (QED) is 0.842. The first-order valence-electron chi connectivity index (χ1n) is 8.47. The summed E-state index contributed by atoms with van der Waals surface area (Å²) in [5.41, 5.74) is 1.14. The van der Waals surface area contributed by atoms with Crippen LogP contribution in [0.1, 0.15) is 5.56 Å². The van der Waals surface area contributed by atoms with Gasteiger partial charge < -0.3 is 4.90 Å². The van der Waals surface area contributed by atoms with Gasteiger partial charge in [0.1, 0.15) is 10.7 Å². The van der Waals surface area contributed by atoms with Crippen LogP contribution in [0.4, 0.5) is 4.39 Å². The second kappa shape index (κ2) is 8.31. The highest BCUT2D eigenvalue weighted by Gasteiger charge is 2.31. The van der Waals surface area contributed by atoms with Crippen molar-refractivity contribution >= 4 is 27.7 Å². The van der Waals surface area contributed by atoms with Gasteiger partial charge >= 0.3 is 0 Å². The zero-order chi connectivity index (χ0) is 18.6. The van der Waals surface area contributed by atoms with E-state index in [1.54, 1.807) is 0 Å². The fourth-order valence-electron chi connectivity index (χ4n) is 3.00. The molecule has 0 aliphatic carbocycles. The molecule has 1 aliphatic heterocycles. The van der Waals surface area contributed by atoms with Crippen LogP contribution >= 0.6 is 11.6 Å². The first kappa shape index (κ1) is 19.0. The maximum atomic E-state index is 14.0. The Labute approximate surface area is 158 Å². The summed E-state index contributed by atoms with van der Waals surface area (Å²) in [5.74, 6) is -0.807. The molecule has 7 heteroatoms. The van der Waals surface area contributed by atoms with Crippen LogP contribution in [0.2, 0.25) is 5.02 Å². The Bertz CT molecular complexity index is 880. The molecule has 0 radical (unpaired) electrons. The summed E-state index contributed by atoms with van der Waals surface area (Å²) in [6.45, 7) is 2.96. The van der Waals surface area contributed by atoms with Gasteiger partial charge in [-0.25, -0.2) is 12.8 Å². The van der Waals surface area contributed by atoms with Crippen molar-refractivity contribution in [2.24, 2.45) is 0 Å². The molecule has 0 saturated carbocycles. The molecular weight excluding hydrogens is 375 g/mol. The van der Waals surface area contributed by atoms with Crippen molar-refractivity contribution in [3.05, 3.63) is 71.0 Å². The molecule has 1 fully saturated rings. The van der Waals surface area contributed by atoms with Gasteiger partial charge in [0, 0.05) is 5.02 Å². The Morgan fingerprint density at radius 1 is 1.12 bits per heavy atom. The van der Waals surface area contributed by atoms with Gasteiger partial charge in [0.05, 0.1) is 32.7 Å². The molecule has 4 nitrogen and oxygen atoms in total. The fraction of sp³-hybridized carbons (Fsp3) is 0.263. The van der Waals surface area contributed by atoms with Crippen molar-refractivity contribution in [2.75, 3.05) is 32.7 Å². The van der Waals surface area contributed by atoms with Gasteiger partial charge in [-0.2, -0.15) is 4.31 Å². The Morgan fingerprint density at radius 2 is 1.81 bits per heavy atom. The first-order valence-corrected chi connectivity index (χ1v) is 10.3. The molecule has 0 unspecified atom stereocenters. The number of quaternary nitrogens is 1. The van der Waals surface area contributed by atoms with Gasteiger partial charge in [-0.1, -0.05) is 48.0 Å². The zero-order valence-corrected chi connectivity index (χ0v) is 15.8. The van der Waals surface area contributed by atoms with E-state index in [0.717, 1.165) is 18.2 Å². The minimum absolute atomic E-state index is 0.181. The number of nitrogens with zero attached hydrogens (tertiary/aromatic N) is 1. The van der Waals surface area contributed by atoms with Crippen molar-refractivity contribution in [3.8, 4) is 0 Å². The average molecular weight is 396 g/mol. The lowest BCUT2D eigenvalue weighted by Gasteiger charge is -2.31. The SMILES string of the molecule is O=S(=O)(c1ccc(Cl)cc1F)N1CC[NH+](C/C=C/c2ccccc2)CC1. The Kier molecular flexibility index (Phi) is 6.09. The van der Waals surface area contributed by atoms with Gasteiger partial charge in [0.15, 0.2) is 0 Å². The number of hydrogen-bond donors (Lipinski definition) is 1. The highest BCUT2D eigenvalue weighted by Crippen LogP contribution is 2.22. The van der Waals surface area contributed by atoms with Crippen molar-refractivity contribution < 1.29 is 17.7 Å². The normalized spacial score (nSPS) is 17.0. The summed E-state index contributed by atoms with van der Waals surface area (Å²) in [6.07, 6.45) is 4.17. The predicted molar refractivity (Wildman–Crippen MR) is 101 cm³/mol.